The van der Waals surface area contributed by atoms with E-state index in [1.807, 2.05) is 29.2 Å². The number of piperazine rings is 1. The van der Waals surface area contributed by atoms with Gasteiger partial charge in [-0.1, -0.05) is 35.3 Å². The largest absolute Gasteiger partial charge is 0.336 e. The molecule has 4 aliphatic rings. The van der Waals surface area contributed by atoms with Gasteiger partial charge in [0, 0.05) is 60.3 Å². The van der Waals surface area contributed by atoms with Crippen molar-refractivity contribution < 1.29 is 19.2 Å². The van der Waals surface area contributed by atoms with Crippen LogP contribution in [0, 0.1) is 0 Å². The molecule has 0 saturated carbocycles. The van der Waals surface area contributed by atoms with Crippen molar-refractivity contribution in [1.82, 2.24) is 20.0 Å². The number of amides is 4. The second-order valence-corrected chi connectivity index (χ2v) is 11.8. The minimum Gasteiger partial charge on any atom is -0.336 e. The van der Waals surface area contributed by atoms with Gasteiger partial charge in [-0.2, -0.15) is 0 Å². The van der Waals surface area contributed by atoms with Crippen LogP contribution in [0.4, 0.5) is 0 Å². The quantitative estimate of drug-likeness (QED) is 0.461. The molecule has 0 aromatic heterocycles. The summed E-state index contributed by atoms with van der Waals surface area (Å²) in [6, 6.07) is 16.4. The summed E-state index contributed by atoms with van der Waals surface area (Å²) in [5.74, 6) is -1.11. The van der Waals surface area contributed by atoms with Gasteiger partial charge in [0.1, 0.15) is 6.04 Å². The van der Waals surface area contributed by atoms with E-state index in [0.29, 0.717) is 53.8 Å². The fraction of sp³-hybridized carbons (Fsp3) is 0.290. The first-order chi connectivity index (χ1) is 19.8. The molecule has 208 valence electrons. The summed E-state index contributed by atoms with van der Waals surface area (Å²) in [4.78, 5) is 56.2. The third-order valence-corrected chi connectivity index (χ3v) is 9.11. The first-order valence-corrected chi connectivity index (χ1v) is 14.4. The maximum Gasteiger partial charge on any atom is 0.255 e. The molecule has 2 saturated heterocycles. The Kier molecular flexibility index (Phi) is 6.37. The Balaban J connectivity index is 1.06. The highest BCUT2D eigenvalue weighted by molar-refractivity contribution is 6.31. The van der Waals surface area contributed by atoms with Gasteiger partial charge < -0.3 is 9.80 Å². The summed E-state index contributed by atoms with van der Waals surface area (Å²) < 4.78 is 0. The fourth-order valence-electron chi connectivity index (χ4n) is 6.64. The number of nitrogens with zero attached hydrogens (tertiary/aromatic N) is 3. The van der Waals surface area contributed by atoms with Crippen molar-refractivity contribution in [3.63, 3.8) is 0 Å². The standard InChI is InChI=1S/C31H26Cl2N4O4/c32-19-2-5-22-23-6-3-20(33)15-25(23)28(24(22)14-19)35-9-11-36(12-10-35)30(40)17-1-4-21-18(13-17)16-37(31(21)41)26-7-8-27(38)34-29(26)39/h1-6,13-15,26,28H,7-12,16H2,(H,34,38,39). The molecule has 3 aromatic rings. The Labute approximate surface area is 246 Å². The van der Waals surface area contributed by atoms with Crippen molar-refractivity contribution in [2.75, 3.05) is 26.2 Å². The van der Waals surface area contributed by atoms with Gasteiger partial charge in [-0.15, -0.1) is 0 Å². The Morgan fingerprint density at radius 1 is 0.805 bits per heavy atom. The molecule has 8 nitrogen and oxygen atoms in total. The first kappa shape index (κ1) is 26.2. The van der Waals surface area contributed by atoms with Crippen LogP contribution >= 0.6 is 23.2 Å². The Morgan fingerprint density at radius 2 is 1.44 bits per heavy atom. The van der Waals surface area contributed by atoms with E-state index in [9.17, 15) is 19.2 Å². The van der Waals surface area contributed by atoms with Gasteiger partial charge in [0.25, 0.3) is 11.8 Å². The van der Waals surface area contributed by atoms with Gasteiger partial charge in [-0.05, 0) is 76.7 Å². The van der Waals surface area contributed by atoms with Crippen LogP contribution in [-0.2, 0) is 16.1 Å². The van der Waals surface area contributed by atoms with Gasteiger partial charge in [0.2, 0.25) is 11.8 Å². The molecule has 0 spiro atoms. The molecule has 1 N–H and O–H groups in total. The van der Waals surface area contributed by atoms with Crippen LogP contribution in [0.5, 0.6) is 0 Å². The summed E-state index contributed by atoms with van der Waals surface area (Å²) >= 11 is 12.8. The molecular weight excluding hydrogens is 563 g/mol. The molecule has 41 heavy (non-hydrogen) atoms. The third-order valence-electron chi connectivity index (χ3n) is 8.64. The lowest BCUT2D eigenvalue weighted by Gasteiger charge is -2.38. The van der Waals surface area contributed by atoms with Crippen molar-refractivity contribution in [2.45, 2.75) is 31.5 Å². The fourth-order valence-corrected chi connectivity index (χ4v) is 7.01. The second kappa shape index (κ2) is 9.98. The summed E-state index contributed by atoms with van der Waals surface area (Å²) in [6.45, 7) is 2.71. The number of carbonyl (C=O) groups excluding carboxylic acids is 4. The van der Waals surface area contributed by atoms with E-state index in [0.717, 1.165) is 27.8 Å². The lowest BCUT2D eigenvalue weighted by molar-refractivity contribution is -0.136. The number of hydrogen-bond donors (Lipinski definition) is 1. The normalized spacial score (nSPS) is 20.6. The van der Waals surface area contributed by atoms with Crippen molar-refractivity contribution in [3.8, 4) is 11.1 Å². The Bertz CT molecular complexity index is 1600. The number of nitrogens with one attached hydrogen (secondary N) is 1. The molecule has 1 unspecified atom stereocenters. The van der Waals surface area contributed by atoms with Crippen molar-refractivity contribution in [3.05, 3.63) is 92.5 Å². The van der Waals surface area contributed by atoms with Crippen LogP contribution in [0.25, 0.3) is 11.1 Å². The van der Waals surface area contributed by atoms with Gasteiger partial charge >= 0.3 is 0 Å². The summed E-state index contributed by atoms with van der Waals surface area (Å²) in [5, 5.41) is 3.69. The van der Waals surface area contributed by atoms with E-state index < -0.39 is 11.9 Å². The highest BCUT2D eigenvalue weighted by atomic mass is 35.5. The van der Waals surface area contributed by atoms with E-state index in [1.54, 1.807) is 18.2 Å². The number of imide groups is 1. The highest BCUT2D eigenvalue weighted by Gasteiger charge is 2.40. The molecule has 7 rings (SSSR count). The van der Waals surface area contributed by atoms with Gasteiger partial charge in [0.05, 0.1) is 6.04 Å². The minimum atomic E-state index is -0.685. The van der Waals surface area contributed by atoms with Crippen LogP contribution in [0.2, 0.25) is 10.0 Å². The maximum absolute atomic E-state index is 13.5. The van der Waals surface area contributed by atoms with Crippen LogP contribution < -0.4 is 5.32 Å². The molecule has 3 heterocycles. The summed E-state index contributed by atoms with van der Waals surface area (Å²) in [7, 11) is 0. The molecule has 1 atom stereocenters. The van der Waals surface area contributed by atoms with Gasteiger partial charge in [0.15, 0.2) is 0 Å². The number of piperidine rings is 1. The average Bonchev–Trinajstić information content (AvgIpc) is 3.45. The summed E-state index contributed by atoms with van der Waals surface area (Å²) in [6.07, 6.45) is 0.499. The molecule has 0 bridgehead atoms. The molecule has 3 aliphatic heterocycles. The van der Waals surface area contributed by atoms with E-state index >= 15 is 0 Å². The number of carbonyl (C=O) groups is 4. The van der Waals surface area contributed by atoms with Crippen molar-refractivity contribution >= 4 is 46.8 Å². The Hall–Kier alpha value is -3.72. The molecule has 1 aliphatic carbocycles. The number of halogens is 2. The van der Waals surface area contributed by atoms with E-state index in [4.69, 9.17) is 23.2 Å². The second-order valence-electron chi connectivity index (χ2n) is 11.0. The lowest BCUT2D eigenvalue weighted by atomic mass is 10.0. The monoisotopic (exact) mass is 588 g/mol. The predicted octanol–water partition coefficient (Wildman–Crippen LogP) is 4.28. The zero-order chi connectivity index (χ0) is 28.4. The van der Waals surface area contributed by atoms with Crippen LogP contribution in [0.1, 0.15) is 56.3 Å². The molecule has 10 heteroatoms. The number of rotatable bonds is 3. The average molecular weight is 589 g/mol. The molecule has 0 radical (unpaired) electrons. The topological polar surface area (TPSA) is 90.0 Å². The minimum absolute atomic E-state index is 0.0129. The smallest absolute Gasteiger partial charge is 0.255 e. The zero-order valence-electron chi connectivity index (χ0n) is 22.0. The van der Waals surface area contributed by atoms with Crippen molar-refractivity contribution in [2.24, 2.45) is 0 Å². The number of fused-ring (bicyclic) bond motifs is 4. The molecule has 2 fully saturated rings. The first-order valence-electron chi connectivity index (χ1n) is 13.7. The van der Waals surface area contributed by atoms with E-state index in [1.165, 1.54) is 4.90 Å². The zero-order valence-corrected chi connectivity index (χ0v) is 23.5. The van der Waals surface area contributed by atoms with E-state index in [-0.39, 0.29) is 36.7 Å². The third kappa shape index (κ3) is 4.41. The molecule has 3 aromatic carbocycles. The van der Waals surface area contributed by atoms with E-state index in [2.05, 4.69) is 22.3 Å². The lowest BCUT2D eigenvalue weighted by Crippen LogP contribution is -2.52. The van der Waals surface area contributed by atoms with Crippen LogP contribution in [-0.4, -0.2) is 70.5 Å². The van der Waals surface area contributed by atoms with Gasteiger partial charge in [-0.25, -0.2) is 0 Å². The maximum atomic E-state index is 13.5. The SMILES string of the molecule is O=C1CCC(N2Cc3cc(C(=O)N4CCN(C5c6cc(Cl)ccc6-c6ccc(Cl)cc65)CC4)ccc3C2=O)C(=O)N1. The van der Waals surface area contributed by atoms with Crippen LogP contribution in [0.3, 0.4) is 0 Å². The summed E-state index contributed by atoms with van der Waals surface area (Å²) in [5.41, 5.74) is 6.35. The molecular formula is C31H26Cl2N4O4. The van der Waals surface area contributed by atoms with Crippen molar-refractivity contribution in [1.29, 1.82) is 0 Å². The number of hydrogen-bond acceptors (Lipinski definition) is 5. The molecule has 4 amide bonds. The predicted molar refractivity (Wildman–Crippen MR) is 154 cm³/mol. The Morgan fingerprint density at radius 3 is 2.07 bits per heavy atom. The highest BCUT2D eigenvalue weighted by Crippen LogP contribution is 2.48. The number of benzene rings is 3. The van der Waals surface area contributed by atoms with Gasteiger partial charge in [-0.3, -0.25) is 29.4 Å². The van der Waals surface area contributed by atoms with Crippen LogP contribution in [0.15, 0.2) is 54.6 Å².